The number of aromatic nitrogens is 2. The van der Waals surface area contributed by atoms with Crippen molar-refractivity contribution >= 4 is 23.2 Å². The summed E-state index contributed by atoms with van der Waals surface area (Å²) in [6.45, 7) is 2.05. The number of hydrogen-bond acceptors (Lipinski definition) is 2. The Morgan fingerprint density at radius 3 is 2.61 bits per heavy atom. The molecule has 0 bridgehead atoms. The van der Waals surface area contributed by atoms with E-state index < -0.39 is 0 Å². The Morgan fingerprint density at radius 2 is 1.96 bits per heavy atom. The number of halogens is 1. The van der Waals surface area contributed by atoms with Crippen LogP contribution in [0.3, 0.4) is 0 Å². The summed E-state index contributed by atoms with van der Waals surface area (Å²) in [6, 6.07) is 7.52. The summed E-state index contributed by atoms with van der Waals surface area (Å²) in [7, 11) is 0. The predicted molar refractivity (Wildman–Crippen MR) is 93.6 cm³/mol. The molecule has 122 valence electrons. The second-order valence-electron chi connectivity index (χ2n) is 6.11. The van der Waals surface area contributed by atoms with Crippen LogP contribution in [0.4, 0.5) is 5.69 Å². The number of aromatic amines is 1. The van der Waals surface area contributed by atoms with Gasteiger partial charge in [0, 0.05) is 16.5 Å². The molecule has 1 saturated carbocycles. The highest BCUT2D eigenvalue weighted by Crippen LogP contribution is 2.32. The number of anilines is 1. The summed E-state index contributed by atoms with van der Waals surface area (Å²) in [5.74, 6) is 0.248. The van der Waals surface area contributed by atoms with E-state index >= 15 is 0 Å². The van der Waals surface area contributed by atoms with Crippen molar-refractivity contribution < 1.29 is 4.79 Å². The maximum Gasteiger partial charge on any atom is 0.227 e. The molecule has 1 aliphatic rings. The van der Waals surface area contributed by atoms with Crippen LogP contribution in [0.25, 0.3) is 11.3 Å². The third-order valence-corrected chi connectivity index (χ3v) is 4.79. The number of rotatable bonds is 4. The largest absolute Gasteiger partial charge is 0.322 e. The molecule has 2 aromatic rings. The Morgan fingerprint density at radius 1 is 1.26 bits per heavy atom. The molecule has 1 aromatic carbocycles. The van der Waals surface area contributed by atoms with Crippen LogP contribution < -0.4 is 5.32 Å². The third kappa shape index (κ3) is 3.58. The second kappa shape index (κ2) is 7.18. The van der Waals surface area contributed by atoms with E-state index in [4.69, 9.17) is 11.6 Å². The lowest BCUT2D eigenvalue weighted by Gasteiger charge is -2.21. The number of nitrogens with zero attached hydrogens (tertiary/aromatic N) is 1. The van der Waals surface area contributed by atoms with Gasteiger partial charge in [0.05, 0.1) is 11.4 Å². The van der Waals surface area contributed by atoms with Crippen LogP contribution in [-0.2, 0) is 11.2 Å². The van der Waals surface area contributed by atoms with Crippen LogP contribution >= 0.6 is 11.6 Å². The van der Waals surface area contributed by atoms with E-state index in [9.17, 15) is 4.79 Å². The SMILES string of the molecule is CCc1[nH]nc(-c2ccc(Cl)cc2)c1NC(=O)C1CCCCC1. The molecule has 1 heterocycles. The van der Waals surface area contributed by atoms with Crippen LogP contribution in [-0.4, -0.2) is 16.1 Å². The van der Waals surface area contributed by atoms with Crippen molar-refractivity contribution in [1.29, 1.82) is 0 Å². The molecule has 0 unspecified atom stereocenters. The fraction of sp³-hybridized carbons (Fsp3) is 0.444. The van der Waals surface area contributed by atoms with Crippen LogP contribution in [0, 0.1) is 5.92 Å². The first-order valence-electron chi connectivity index (χ1n) is 8.33. The van der Waals surface area contributed by atoms with Crippen LogP contribution in [0.5, 0.6) is 0 Å². The van der Waals surface area contributed by atoms with Gasteiger partial charge in [-0.1, -0.05) is 49.9 Å². The average Bonchev–Trinajstić information content (AvgIpc) is 2.99. The fourth-order valence-electron chi connectivity index (χ4n) is 3.18. The number of nitrogens with one attached hydrogen (secondary N) is 2. The lowest BCUT2D eigenvalue weighted by atomic mass is 9.88. The van der Waals surface area contributed by atoms with Crippen molar-refractivity contribution in [3.63, 3.8) is 0 Å². The Labute approximate surface area is 141 Å². The first-order valence-corrected chi connectivity index (χ1v) is 8.71. The normalized spacial score (nSPS) is 15.6. The zero-order valence-corrected chi connectivity index (χ0v) is 14.1. The minimum Gasteiger partial charge on any atom is -0.322 e. The van der Waals surface area contributed by atoms with Crippen LogP contribution in [0.1, 0.15) is 44.7 Å². The molecule has 0 radical (unpaired) electrons. The Kier molecular flexibility index (Phi) is 5.01. The van der Waals surface area contributed by atoms with E-state index in [0.29, 0.717) is 5.02 Å². The summed E-state index contributed by atoms with van der Waals surface area (Å²) in [4.78, 5) is 12.6. The lowest BCUT2D eigenvalue weighted by Crippen LogP contribution is -2.25. The van der Waals surface area contributed by atoms with E-state index in [-0.39, 0.29) is 11.8 Å². The summed E-state index contributed by atoms with van der Waals surface area (Å²) >= 11 is 5.96. The van der Waals surface area contributed by atoms with Crippen molar-refractivity contribution in [3.8, 4) is 11.3 Å². The van der Waals surface area contributed by atoms with E-state index in [2.05, 4.69) is 22.4 Å². The smallest absolute Gasteiger partial charge is 0.227 e. The molecule has 23 heavy (non-hydrogen) atoms. The Balaban J connectivity index is 1.86. The minimum absolute atomic E-state index is 0.121. The highest BCUT2D eigenvalue weighted by atomic mass is 35.5. The molecule has 1 fully saturated rings. The van der Waals surface area contributed by atoms with Gasteiger partial charge in [-0.05, 0) is 31.4 Å². The van der Waals surface area contributed by atoms with E-state index in [1.165, 1.54) is 6.42 Å². The van der Waals surface area contributed by atoms with Crippen molar-refractivity contribution in [1.82, 2.24) is 10.2 Å². The summed E-state index contributed by atoms with van der Waals surface area (Å²) < 4.78 is 0. The van der Waals surface area contributed by atoms with Gasteiger partial charge in [-0.3, -0.25) is 9.89 Å². The van der Waals surface area contributed by atoms with Crippen molar-refractivity contribution in [3.05, 3.63) is 35.0 Å². The zero-order chi connectivity index (χ0) is 16.2. The van der Waals surface area contributed by atoms with Crippen molar-refractivity contribution in [2.75, 3.05) is 5.32 Å². The standard InChI is InChI=1S/C18H22ClN3O/c1-2-15-17(20-18(23)13-6-4-3-5-7-13)16(22-21-15)12-8-10-14(19)11-9-12/h8-11,13H,2-7H2,1H3,(H,20,23)(H,21,22). The quantitative estimate of drug-likeness (QED) is 0.844. The fourth-order valence-corrected chi connectivity index (χ4v) is 3.30. The molecule has 3 rings (SSSR count). The highest BCUT2D eigenvalue weighted by molar-refractivity contribution is 6.30. The summed E-state index contributed by atoms with van der Waals surface area (Å²) in [5, 5.41) is 11.3. The molecular weight excluding hydrogens is 310 g/mol. The predicted octanol–water partition coefficient (Wildman–Crippen LogP) is 4.81. The molecule has 5 heteroatoms. The van der Waals surface area contributed by atoms with Gasteiger partial charge >= 0.3 is 0 Å². The van der Waals surface area contributed by atoms with Gasteiger partial charge in [0.1, 0.15) is 5.69 Å². The molecule has 4 nitrogen and oxygen atoms in total. The molecule has 0 aliphatic heterocycles. The highest BCUT2D eigenvalue weighted by Gasteiger charge is 2.24. The average molecular weight is 332 g/mol. The topological polar surface area (TPSA) is 57.8 Å². The molecule has 1 amide bonds. The van der Waals surface area contributed by atoms with Crippen molar-refractivity contribution in [2.45, 2.75) is 45.4 Å². The third-order valence-electron chi connectivity index (χ3n) is 4.54. The molecule has 1 aromatic heterocycles. The molecule has 0 atom stereocenters. The number of carbonyl (C=O) groups is 1. The van der Waals surface area contributed by atoms with Gasteiger partial charge < -0.3 is 5.32 Å². The van der Waals surface area contributed by atoms with Gasteiger partial charge in [-0.2, -0.15) is 5.10 Å². The number of carbonyl (C=O) groups excluding carboxylic acids is 1. The monoisotopic (exact) mass is 331 g/mol. The number of amides is 1. The van der Waals surface area contributed by atoms with Crippen LogP contribution in [0.2, 0.25) is 5.02 Å². The first kappa shape index (κ1) is 16.1. The number of benzene rings is 1. The number of H-pyrrole nitrogens is 1. The minimum atomic E-state index is 0.121. The first-order chi connectivity index (χ1) is 11.2. The Bertz CT molecular complexity index is 672. The van der Waals surface area contributed by atoms with Gasteiger partial charge in [0.2, 0.25) is 5.91 Å². The van der Waals surface area contributed by atoms with Gasteiger partial charge in [0.15, 0.2) is 0 Å². The molecule has 0 spiro atoms. The molecule has 2 N–H and O–H groups in total. The number of aryl methyl sites for hydroxylation is 1. The van der Waals surface area contributed by atoms with Crippen LogP contribution in [0.15, 0.2) is 24.3 Å². The van der Waals surface area contributed by atoms with Gasteiger partial charge in [-0.25, -0.2) is 0 Å². The molecular formula is C18H22ClN3O. The summed E-state index contributed by atoms with van der Waals surface area (Å²) in [5.41, 5.74) is 3.50. The maximum absolute atomic E-state index is 12.6. The Hall–Kier alpha value is -1.81. The zero-order valence-electron chi connectivity index (χ0n) is 13.4. The molecule has 0 saturated heterocycles. The maximum atomic E-state index is 12.6. The molecule has 1 aliphatic carbocycles. The van der Waals surface area contributed by atoms with E-state index in [0.717, 1.165) is 54.7 Å². The summed E-state index contributed by atoms with van der Waals surface area (Å²) in [6.07, 6.45) is 6.30. The van der Waals surface area contributed by atoms with Gasteiger partial charge in [0.25, 0.3) is 0 Å². The lowest BCUT2D eigenvalue weighted by molar-refractivity contribution is -0.120. The van der Waals surface area contributed by atoms with Crippen molar-refractivity contribution in [2.24, 2.45) is 5.92 Å². The van der Waals surface area contributed by atoms with E-state index in [1.54, 1.807) is 0 Å². The van der Waals surface area contributed by atoms with E-state index in [1.807, 2.05) is 24.3 Å². The van der Waals surface area contributed by atoms with Gasteiger partial charge in [-0.15, -0.1) is 0 Å². The second-order valence-corrected chi connectivity index (χ2v) is 6.55. The number of hydrogen-bond donors (Lipinski definition) is 2.